The molecule has 6 heteroatoms. The minimum Gasteiger partial charge on any atom is -0.497 e. The van der Waals surface area contributed by atoms with E-state index in [1.165, 1.54) is 14.2 Å². The van der Waals surface area contributed by atoms with E-state index in [1.54, 1.807) is 48.5 Å². The zero-order valence-corrected chi connectivity index (χ0v) is 16.3. The van der Waals surface area contributed by atoms with Gasteiger partial charge >= 0.3 is 0 Å². The summed E-state index contributed by atoms with van der Waals surface area (Å²) in [4.78, 5) is 13.4. The van der Waals surface area contributed by atoms with Crippen LogP contribution in [0.15, 0.2) is 48.5 Å². The third-order valence-corrected chi connectivity index (χ3v) is 5.41. The van der Waals surface area contributed by atoms with Gasteiger partial charge in [0, 0.05) is 11.1 Å². The molecule has 150 valence electrons. The van der Waals surface area contributed by atoms with Crippen LogP contribution in [0.25, 0.3) is 0 Å². The van der Waals surface area contributed by atoms with E-state index in [0.717, 1.165) is 24.3 Å². The molecule has 0 heterocycles. The second-order valence-electron chi connectivity index (χ2n) is 7.12. The largest absolute Gasteiger partial charge is 0.497 e. The predicted octanol–water partition coefficient (Wildman–Crippen LogP) is 3.49. The molecule has 6 nitrogen and oxygen atoms in total. The summed E-state index contributed by atoms with van der Waals surface area (Å²) in [5.41, 5.74) is -1.44. The van der Waals surface area contributed by atoms with Gasteiger partial charge in [-0.2, -0.15) is 0 Å². The average Bonchev–Trinajstić information content (AvgIpc) is 2.78. The minimum absolute atomic E-state index is 0.302. The zero-order chi connectivity index (χ0) is 20.1. The van der Waals surface area contributed by atoms with Crippen LogP contribution in [0, 0.1) is 0 Å². The van der Waals surface area contributed by atoms with E-state index >= 15 is 0 Å². The normalized spacial score (nSPS) is 15.1. The molecule has 2 aromatic carbocycles. The lowest BCUT2D eigenvalue weighted by Gasteiger charge is -2.36. The molecule has 1 aliphatic rings. The van der Waals surface area contributed by atoms with Crippen LogP contribution in [0.4, 0.5) is 0 Å². The number of amides is 1. The molecule has 1 saturated carbocycles. The summed E-state index contributed by atoms with van der Waals surface area (Å²) < 4.78 is 10.5. The van der Waals surface area contributed by atoms with Crippen molar-refractivity contribution in [3.8, 4) is 11.5 Å². The van der Waals surface area contributed by atoms with E-state index in [4.69, 9.17) is 9.47 Å². The first-order valence-electron chi connectivity index (χ1n) is 9.54. The Labute approximate surface area is 165 Å². The molecule has 0 radical (unpaired) electrons. The van der Waals surface area contributed by atoms with Gasteiger partial charge in [0.25, 0.3) is 5.91 Å². The minimum atomic E-state index is -2.07. The van der Waals surface area contributed by atoms with Crippen LogP contribution in [-0.2, 0) is 10.4 Å². The van der Waals surface area contributed by atoms with E-state index in [1.807, 2.05) is 0 Å². The van der Waals surface area contributed by atoms with Crippen LogP contribution < -0.4 is 9.47 Å². The number of nitrogens with zero attached hydrogens (tertiary/aromatic N) is 1. The highest BCUT2D eigenvalue weighted by atomic mass is 16.5. The van der Waals surface area contributed by atoms with Crippen molar-refractivity contribution in [2.45, 2.75) is 43.7 Å². The van der Waals surface area contributed by atoms with Crippen molar-refractivity contribution in [3.05, 3.63) is 59.7 Å². The van der Waals surface area contributed by atoms with Crippen molar-refractivity contribution in [1.82, 2.24) is 5.06 Å². The maximum atomic E-state index is 13.4. The van der Waals surface area contributed by atoms with E-state index in [2.05, 4.69) is 0 Å². The summed E-state index contributed by atoms with van der Waals surface area (Å²) in [5.74, 6) is 0.239. The first-order valence-corrected chi connectivity index (χ1v) is 9.54. The number of methoxy groups -OCH3 is 2. The Morgan fingerprint density at radius 3 is 1.93 bits per heavy atom. The lowest BCUT2D eigenvalue weighted by molar-refractivity contribution is -0.195. The summed E-state index contributed by atoms with van der Waals surface area (Å²) in [7, 11) is 3.04. The fourth-order valence-corrected chi connectivity index (χ4v) is 3.77. The van der Waals surface area contributed by atoms with E-state index in [9.17, 15) is 15.1 Å². The molecule has 0 unspecified atom stereocenters. The molecule has 1 fully saturated rings. The number of rotatable bonds is 6. The third kappa shape index (κ3) is 3.84. The predicted molar refractivity (Wildman–Crippen MR) is 104 cm³/mol. The molecule has 1 aliphatic carbocycles. The average molecular weight is 385 g/mol. The number of hydroxylamine groups is 2. The van der Waals surface area contributed by atoms with Gasteiger partial charge in [0.15, 0.2) is 5.60 Å². The van der Waals surface area contributed by atoms with Crippen molar-refractivity contribution in [3.63, 3.8) is 0 Å². The van der Waals surface area contributed by atoms with Crippen molar-refractivity contribution in [2.75, 3.05) is 14.2 Å². The first kappa shape index (κ1) is 20.2. The number of carbonyl (C=O) groups is 1. The van der Waals surface area contributed by atoms with Crippen molar-refractivity contribution >= 4 is 5.91 Å². The molecule has 0 aromatic heterocycles. The monoisotopic (exact) mass is 385 g/mol. The van der Waals surface area contributed by atoms with Crippen LogP contribution in [-0.4, -0.2) is 41.5 Å². The Bertz CT molecular complexity index is 769. The van der Waals surface area contributed by atoms with Crippen molar-refractivity contribution in [2.24, 2.45) is 0 Å². The first-order chi connectivity index (χ1) is 13.5. The van der Waals surface area contributed by atoms with Gasteiger partial charge in [-0.3, -0.25) is 10.0 Å². The molecular formula is C22H27NO5. The second-order valence-corrected chi connectivity index (χ2v) is 7.12. The molecule has 0 bridgehead atoms. The van der Waals surface area contributed by atoms with Crippen molar-refractivity contribution < 1.29 is 24.6 Å². The molecule has 0 saturated heterocycles. The molecule has 0 aliphatic heterocycles. The maximum Gasteiger partial charge on any atom is 0.287 e. The van der Waals surface area contributed by atoms with Crippen LogP contribution in [0.1, 0.15) is 43.2 Å². The topological polar surface area (TPSA) is 79.2 Å². The summed E-state index contributed by atoms with van der Waals surface area (Å²) in [6, 6.07) is 13.1. The molecule has 1 amide bonds. The molecule has 3 rings (SSSR count). The number of hydrogen-bond donors (Lipinski definition) is 2. The van der Waals surface area contributed by atoms with E-state index in [0.29, 0.717) is 35.5 Å². The fraction of sp³-hybridized carbons (Fsp3) is 0.409. The Balaban J connectivity index is 2.08. The maximum absolute atomic E-state index is 13.4. The van der Waals surface area contributed by atoms with E-state index < -0.39 is 11.5 Å². The Hall–Kier alpha value is -2.57. The number of carbonyl (C=O) groups excluding carboxylic acids is 1. The van der Waals surface area contributed by atoms with Gasteiger partial charge < -0.3 is 14.6 Å². The fourth-order valence-electron chi connectivity index (χ4n) is 3.77. The number of hydrogen-bond acceptors (Lipinski definition) is 5. The second kappa shape index (κ2) is 8.63. The standard InChI is InChI=1S/C22H27NO5/c1-27-19-12-6-8-16(14-19)22(25,17-9-7-13-20(15-17)28-2)21(24)23(26)18-10-4-3-5-11-18/h6-9,12-15,18,25-26H,3-5,10-11H2,1-2H3. The van der Waals surface area contributed by atoms with Gasteiger partial charge in [0.1, 0.15) is 11.5 Å². The highest BCUT2D eigenvalue weighted by Gasteiger charge is 2.45. The molecule has 2 N–H and O–H groups in total. The number of aliphatic hydroxyl groups is 1. The van der Waals surface area contributed by atoms with Crippen LogP contribution in [0.2, 0.25) is 0 Å². The molecule has 0 spiro atoms. The smallest absolute Gasteiger partial charge is 0.287 e. The van der Waals surface area contributed by atoms with Gasteiger partial charge in [-0.1, -0.05) is 43.5 Å². The molecule has 28 heavy (non-hydrogen) atoms. The zero-order valence-electron chi connectivity index (χ0n) is 16.3. The number of ether oxygens (including phenoxy) is 2. The summed E-state index contributed by atoms with van der Waals surface area (Å²) in [6.45, 7) is 0. The van der Waals surface area contributed by atoms with Crippen LogP contribution in [0.3, 0.4) is 0 Å². The van der Waals surface area contributed by atoms with Crippen LogP contribution in [0.5, 0.6) is 11.5 Å². The van der Waals surface area contributed by atoms with E-state index in [-0.39, 0.29) is 6.04 Å². The summed E-state index contributed by atoms with van der Waals surface area (Å²) >= 11 is 0. The van der Waals surface area contributed by atoms with Gasteiger partial charge in [0.05, 0.1) is 20.3 Å². The SMILES string of the molecule is COc1cccc(C(O)(C(=O)N(O)C2CCCCC2)c2cccc(OC)c2)c1. The molecule has 0 atom stereocenters. The van der Waals surface area contributed by atoms with Crippen molar-refractivity contribution in [1.29, 1.82) is 0 Å². The van der Waals surface area contributed by atoms with Crippen LogP contribution >= 0.6 is 0 Å². The van der Waals surface area contributed by atoms with Gasteiger partial charge in [0.2, 0.25) is 0 Å². The number of benzene rings is 2. The highest BCUT2D eigenvalue weighted by Crippen LogP contribution is 2.36. The van der Waals surface area contributed by atoms with Gasteiger partial charge in [-0.25, -0.2) is 5.06 Å². The Morgan fingerprint density at radius 1 is 0.964 bits per heavy atom. The van der Waals surface area contributed by atoms with Gasteiger partial charge in [-0.05, 0) is 37.1 Å². The third-order valence-electron chi connectivity index (χ3n) is 5.41. The molecule has 2 aromatic rings. The highest BCUT2D eigenvalue weighted by molar-refractivity contribution is 5.89. The Morgan fingerprint density at radius 2 is 1.46 bits per heavy atom. The Kier molecular flexibility index (Phi) is 6.21. The molecular weight excluding hydrogens is 358 g/mol. The summed E-state index contributed by atoms with van der Waals surface area (Å²) in [6.07, 6.45) is 4.43. The lowest BCUT2D eigenvalue weighted by Crippen LogP contribution is -2.50. The van der Waals surface area contributed by atoms with Gasteiger partial charge in [-0.15, -0.1) is 0 Å². The summed E-state index contributed by atoms with van der Waals surface area (Å²) in [5, 5.41) is 23.1. The quantitative estimate of drug-likeness (QED) is 0.588. The lowest BCUT2D eigenvalue weighted by atomic mass is 9.84.